The molecule has 1 heterocycles. The summed E-state index contributed by atoms with van der Waals surface area (Å²) in [6.07, 6.45) is 0. The first kappa shape index (κ1) is 17.7. The molecule has 0 radical (unpaired) electrons. The maximum atomic E-state index is 12.6. The summed E-state index contributed by atoms with van der Waals surface area (Å²) in [7, 11) is 0. The van der Waals surface area contributed by atoms with Gasteiger partial charge < -0.3 is 14.8 Å². The van der Waals surface area contributed by atoms with Crippen molar-refractivity contribution in [1.29, 1.82) is 0 Å². The van der Waals surface area contributed by atoms with E-state index in [4.69, 9.17) is 9.47 Å². The van der Waals surface area contributed by atoms with E-state index in [0.29, 0.717) is 11.1 Å². The van der Waals surface area contributed by atoms with Gasteiger partial charge in [0.25, 0.3) is 5.91 Å². The Morgan fingerprint density at radius 1 is 1.33 bits per heavy atom. The van der Waals surface area contributed by atoms with Crippen molar-refractivity contribution in [3.8, 4) is 0 Å². The summed E-state index contributed by atoms with van der Waals surface area (Å²) < 4.78 is 10.5. The molecule has 0 bridgehead atoms. The average molecular weight is 362 g/mol. The number of hydrogen-bond donors (Lipinski definition) is 1. The highest BCUT2D eigenvalue weighted by Crippen LogP contribution is 2.36. The predicted octanol–water partition coefficient (Wildman–Crippen LogP) is 1.82. The Hall–Kier alpha value is -1.37. The third kappa shape index (κ3) is 3.64. The van der Waals surface area contributed by atoms with Gasteiger partial charge in [0.2, 0.25) is 0 Å². The van der Waals surface area contributed by atoms with Gasteiger partial charge in [0.05, 0.1) is 0 Å². The van der Waals surface area contributed by atoms with Crippen LogP contribution in [0.3, 0.4) is 0 Å². The molecule has 0 aliphatic carbocycles. The van der Waals surface area contributed by atoms with Crippen LogP contribution in [0, 0.1) is 0 Å². The molecule has 0 spiro atoms. The van der Waals surface area contributed by atoms with Crippen LogP contribution in [-0.4, -0.2) is 34.0 Å². The second kappa shape index (κ2) is 5.79. The number of hydrogen-bond acceptors (Lipinski definition) is 5. The van der Waals surface area contributed by atoms with E-state index in [1.165, 1.54) is 6.92 Å². The predicted molar refractivity (Wildman–Crippen MR) is 79.6 cm³/mol. The quantitative estimate of drug-likeness (QED) is 0.612. The van der Waals surface area contributed by atoms with E-state index in [0.717, 1.165) is 0 Å². The van der Waals surface area contributed by atoms with Gasteiger partial charge in [-0.1, -0.05) is 15.9 Å². The van der Waals surface area contributed by atoms with Gasteiger partial charge in [0, 0.05) is 22.9 Å². The molecule has 0 aromatic carbocycles. The Morgan fingerprint density at radius 3 is 2.24 bits per heavy atom. The number of alkyl halides is 1. The highest BCUT2D eigenvalue weighted by atomic mass is 79.9. The fraction of sp³-hybridized carbons (Fsp3) is 0.643. The van der Waals surface area contributed by atoms with Gasteiger partial charge in [-0.2, -0.15) is 0 Å². The lowest BCUT2D eigenvalue weighted by Crippen LogP contribution is -2.57. The molecule has 1 N–H and O–H groups in total. The van der Waals surface area contributed by atoms with Crippen molar-refractivity contribution in [2.24, 2.45) is 0 Å². The minimum atomic E-state index is -1.91. The first-order valence-corrected chi connectivity index (χ1v) is 7.43. The summed E-state index contributed by atoms with van der Waals surface area (Å²) in [6, 6.07) is 0. The van der Waals surface area contributed by atoms with E-state index in [2.05, 4.69) is 21.2 Å². The van der Waals surface area contributed by atoms with Crippen LogP contribution in [0.5, 0.6) is 0 Å². The number of halogens is 1. The summed E-state index contributed by atoms with van der Waals surface area (Å²) in [6.45, 7) is 9.55. The molecule has 0 aromatic heterocycles. The van der Waals surface area contributed by atoms with E-state index in [1.807, 2.05) is 0 Å². The molecular weight excluding hydrogens is 342 g/mol. The van der Waals surface area contributed by atoms with Crippen LogP contribution in [0.1, 0.15) is 41.5 Å². The summed E-state index contributed by atoms with van der Waals surface area (Å²) in [5, 5.41) is 2.44. The Labute approximate surface area is 132 Å². The number of esters is 2. The normalized spacial score (nSPS) is 23.7. The molecule has 2 atom stereocenters. The fourth-order valence-corrected chi connectivity index (χ4v) is 2.80. The zero-order valence-electron chi connectivity index (χ0n) is 13.0. The van der Waals surface area contributed by atoms with Crippen molar-refractivity contribution in [3.63, 3.8) is 0 Å². The van der Waals surface area contributed by atoms with Crippen LogP contribution >= 0.6 is 15.9 Å². The van der Waals surface area contributed by atoms with E-state index < -0.39 is 29.2 Å². The van der Waals surface area contributed by atoms with Crippen LogP contribution in [0.15, 0.2) is 11.1 Å². The number of carbonyl (C=O) groups excluding carboxylic acids is 3. The molecular formula is C14H20BrNO5. The molecule has 2 unspecified atom stereocenters. The molecule has 6 nitrogen and oxygen atoms in total. The number of nitrogens with one attached hydrogen (secondary N) is 1. The highest BCUT2D eigenvalue weighted by molar-refractivity contribution is 9.09. The van der Waals surface area contributed by atoms with E-state index >= 15 is 0 Å². The molecule has 0 fully saturated rings. The minimum Gasteiger partial charge on any atom is -0.455 e. The Balaban J connectivity index is 3.38. The van der Waals surface area contributed by atoms with Crippen molar-refractivity contribution < 1.29 is 23.9 Å². The molecule has 1 rings (SSSR count). The van der Waals surface area contributed by atoms with Crippen LogP contribution in [0.2, 0.25) is 0 Å². The Morgan fingerprint density at radius 2 is 1.86 bits per heavy atom. The smallest absolute Gasteiger partial charge is 0.378 e. The van der Waals surface area contributed by atoms with Gasteiger partial charge in [0.1, 0.15) is 5.60 Å². The number of ether oxygens (including phenoxy) is 2. The van der Waals surface area contributed by atoms with Gasteiger partial charge in [-0.3, -0.25) is 9.59 Å². The lowest BCUT2D eigenvalue weighted by atomic mass is 9.99. The van der Waals surface area contributed by atoms with E-state index in [9.17, 15) is 14.4 Å². The highest BCUT2D eigenvalue weighted by Gasteiger charge is 2.56. The topological polar surface area (TPSA) is 81.7 Å². The zero-order valence-corrected chi connectivity index (χ0v) is 14.6. The van der Waals surface area contributed by atoms with Gasteiger partial charge in [-0.25, -0.2) is 4.79 Å². The molecule has 0 saturated heterocycles. The van der Waals surface area contributed by atoms with Gasteiger partial charge in [0.15, 0.2) is 0 Å². The Kier molecular flexibility index (Phi) is 4.87. The third-order valence-corrected chi connectivity index (χ3v) is 3.25. The monoisotopic (exact) mass is 361 g/mol. The molecule has 0 aromatic rings. The SMILES string of the molecule is CC(=O)OC1(C(=O)OC(C)(C)C)NC(=O)C(C)=C1C(C)Br. The van der Waals surface area contributed by atoms with Crippen LogP contribution in [-0.2, 0) is 23.9 Å². The maximum absolute atomic E-state index is 12.6. The summed E-state index contributed by atoms with van der Waals surface area (Å²) in [5.74, 6) is -1.98. The second-order valence-electron chi connectivity index (χ2n) is 5.89. The summed E-state index contributed by atoms with van der Waals surface area (Å²) in [5.41, 5.74) is -2.03. The number of rotatable bonds is 3. The summed E-state index contributed by atoms with van der Waals surface area (Å²) in [4.78, 5) is 35.6. The first-order chi connectivity index (χ1) is 9.40. The van der Waals surface area contributed by atoms with Crippen molar-refractivity contribution >= 4 is 33.8 Å². The van der Waals surface area contributed by atoms with Gasteiger partial charge in [-0.15, -0.1) is 0 Å². The van der Waals surface area contributed by atoms with Crippen molar-refractivity contribution in [2.75, 3.05) is 0 Å². The molecule has 1 aliphatic heterocycles. The number of carbonyl (C=O) groups is 3. The van der Waals surface area contributed by atoms with Crippen molar-refractivity contribution in [2.45, 2.75) is 57.7 Å². The van der Waals surface area contributed by atoms with E-state index in [1.54, 1.807) is 34.6 Å². The molecule has 1 aliphatic rings. The van der Waals surface area contributed by atoms with Gasteiger partial charge >= 0.3 is 17.7 Å². The summed E-state index contributed by atoms with van der Waals surface area (Å²) >= 11 is 3.33. The largest absolute Gasteiger partial charge is 0.455 e. The lowest BCUT2D eigenvalue weighted by Gasteiger charge is -2.33. The zero-order chi connectivity index (χ0) is 16.6. The minimum absolute atomic E-state index is 0.325. The molecule has 7 heteroatoms. The van der Waals surface area contributed by atoms with Crippen LogP contribution in [0.4, 0.5) is 0 Å². The molecule has 118 valence electrons. The van der Waals surface area contributed by atoms with Crippen LogP contribution in [0.25, 0.3) is 0 Å². The standard InChI is InChI=1S/C14H20BrNO5/c1-7-10(8(2)15)14(16-11(7)18,20-9(3)17)12(19)21-13(4,5)6/h8H,1-6H3,(H,16,18). The Bertz CT molecular complexity index is 518. The van der Waals surface area contributed by atoms with E-state index in [-0.39, 0.29) is 4.83 Å². The molecule has 1 amide bonds. The van der Waals surface area contributed by atoms with Crippen molar-refractivity contribution in [1.82, 2.24) is 5.32 Å². The third-order valence-electron chi connectivity index (χ3n) is 2.79. The number of amides is 1. The maximum Gasteiger partial charge on any atom is 0.378 e. The average Bonchev–Trinajstić information content (AvgIpc) is 2.48. The fourth-order valence-electron chi connectivity index (χ4n) is 2.13. The van der Waals surface area contributed by atoms with Gasteiger partial charge in [-0.05, 0) is 34.6 Å². The first-order valence-electron chi connectivity index (χ1n) is 6.51. The van der Waals surface area contributed by atoms with Crippen LogP contribution < -0.4 is 5.32 Å². The van der Waals surface area contributed by atoms with Crippen molar-refractivity contribution in [3.05, 3.63) is 11.1 Å². The second-order valence-corrected chi connectivity index (χ2v) is 7.26. The molecule has 21 heavy (non-hydrogen) atoms. The molecule has 0 saturated carbocycles. The lowest BCUT2D eigenvalue weighted by molar-refractivity contribution is -0.188.